The van der Waals surface area contributed by atoms with E-state index in [1.807, 2.05) is 12.1 Å². The molecule has 0 saturated carbocycles. The van der Waals surface area contributed by atoms with Crippen LogP contribution in [0.5, 0.6) is 5.88 Å². The zero-order chi connectivity index (χ0) is 11.5. The molecule has 1 aliphatic heterocycles. The number of aromatic nitrogens is 1. The number of nitrogens with zero attached hydrogens (tertiary/aromatic N) is 2. The number of hydrogen-bond donors (Lipinski definition) is 1. The lowest BCUT2D eigenvalue weighted by molar-refractivity contribution is 0.247. The van der Waals surface area contributed by atoms with Gasteiger partial charge in [0.2, 0.25) is 5.88 Å². The molecule has 1 aromatic rings. The molecule has 0 amide bonds. The van der Waals surface area contributed by atoms with Gasteiger partial charge in [0, 0.05) is 18.2 Å². The summed E-state index contributed by atoms with van der Waals surface area (Å²) < 4.78 is 5.15. The Labute approximate surface area is 96.4 Å². The molecule has 0 aliphatic carbocycles. The fourth-order valence-corrected chi connectivity index (χ4v) is 2.26. The van der Waals surface area contributed by atoms with Crippen molar-refractivity contribution in [2.75, 3.05) is 33.0 Å². The van der Waals surface area contributed by atoms with Crippen molar-refractivity contribution in [2.24, 2.45) is 0 Å². The average Bonchev–Trinajstić information content (AvgIpc) is 2.29. The summed E-state index contributed by atoms with van der Waals surface area (Å²) in [5, 5.41) is 0. The van der Waals surface area contributed by atoms with E-state index in [9.17, 15) is 0 Å². The molecule has 1 aromatic heterocycles. The van der Waals surface area contributed by atoms with Crippen LogP contribution >= 0.6 is 0 Å². The van der Waals surface area contributed by atoms with Gasteiger partial charge >= 0.3 is 0 Å². The van der Waals surface area contributed by atoms with Gasteiger partial charge < -0.3 is 15.4 Å². The molecule has 0 spiro atoms. The first-order chi connectivity index (χ1) is 7.70. The Morgan fingerprint density at radius 3 is 3.00 bits per heavy atom. The van der Waals surface area contributed by atoms with Crippen LogP contribution in [0.4, 0.5) is 5.69 Å². The Morgan fingerprint density at radius 1 is 1.50 bits per heavy atom. The number of anilines is 1. The van der Waals surface area contributed by atoms with Gasteiger partial charge in [-0.1, -0.05) is 0 Å². The van der Waals surface area contributed by atoms with Crippen molar-refractivity contribution in [3.05, 3.63) is 17.8 Å². The normalized spacial score (nSPS) is 22.0. The Kier molecular flexibility index (Phi) is 3.29. The number of ether oxygens (including phenoxy) is 1. The van der Waals surface area contributed by atoms with Crippen molar-refractivity contribution in [2.45, 2.75) is 18.8 Å². The summed E-state index contributed by atoms with van der Waals surface area (Å²) in [5.74, 6) is 1.05. The van der Waals surface area contributed by atoms with Crippen LogP contribution in [0, 0.1) is 0 Å². The van der Waals surface area contributed by atoms with Crippen molar-refractivity contribution in [1.29, 1.82) is 0 Å². The number of likely N-dealkylation sites (tertiary alicyclic amines) is 1. The number of piperidine rings is 1. The summed E-state index contributed by atoms with van der Waals surface area (Å²) in [6.45, 7) is 2.25. The number of nitrogen functional groups attached to an aromatic ring is 1. The van der Waals surface area contributed by atoms with Gasteiger partial charge in [0.25, 0.3) is 0 Å². The maximum absolute atomic E-state index is 5.76. The molecule has 4 heteroatoms. The first kappa shape index (κ1) is 11.2. The van der Waals surface area contributed by atoms with E-state index in [1.54, 1.807) is 7.11 Å². The van der Waals surface area contributed by atoms with Crippen molar-refractivity contribution in [1.82, 2.24) is 9.88 Å². The molecule has 16 heavy (non-hydrogen) atoms. The molecule has 0 radical (unpaired) electrons. The molecule has 88 valence electrons. The molecular weight excluding hydrogens is 202 g/mol. The van der Waals surface area contributed by atoms with Gasteiger partial charge in [-0.05, 0) is 38.6 Å². The van der Waals surface area contributed by atoms with Crippen LogP contribution in [-0.4, -0.2) is 37.1 Å². The van der Waals surface area contributed by atoms with E-state index >= 15 is 0 Å². The molecule has 1 fully saturated rings. The second-order valence-electron chi connectivity index (χ2n) is 4.44. The van der Waals surface area contributed by atoms with Crippen molar-refractivity contribution >= 4 is 5.69 Å². The van der Waals surface area contributed by atoms with Crippen LogP contribution in [0.1, 0.15) is 24.5 Å². The average molecular weight is 221 g/mol. The highest BCUT2D eigenvalue weighted by Gasteiger charge is 2.20. The molecule has 1 saturated heterocycles. The Bertz CT molecular complexity index is 367. The summed E-state index contributed by atoms with van der Waals surface area (Å²) in [6, 6.07) is 3.90. The third-order valence-corrected chi connectivity index (χ3v) is 3.15. The quantitative estimate of drug-likeness (QED) is 0.822. The van der Waals surface area contributed by atoms with Crippen LogP contribution in [0.25, 0.3) is 0 Å². The van der Waals surface area contributed by atoms with Gasteiger partial charge in [0.15, 0.2) is 0 Å². The van der Waals surface area contributed by atoms with E-state index in [4.69, 9.17) is 10.5 Å². The lowest BCUT2D eigenvalue weighted by Gasteiger charge is -2.29. The molecule has 1 aliphatic rings. The number of likely N-dealkylation sites (N-methyl/N-ethyl adjacent to an activating group) is 1. The minimum Gasteiger partial charge on any atom is -0.480 e. The Morgan fingerprint density at radius 2 is 2.31 bits per heavy atom. The molecule has 1 atom stereocenters. The van der Waals surface area contributed by atoms with Crippen molar-refractivity contribution < 1.29 is 4.74 Å². The first-order valence-electron chi connectivity index (χ1n) is 5.69. The topological polar surface area (TPSA) is 51.4 Å². The third kappa shape index (κ3) is 2.27. The highest BCUT2D eigenvalue weighted by atomic mass is 16.5. The smallest absolute Gasteiger partial charge is 0.237 e. The standard InChI is InChI=1S/C12H19N3O/c1-15-7-3-4-9(8-15)11-6-5-10(13)12(14-11)16-2/h5-6,9H,3-4,7-8,13H2,1-2H3. The fraction of sp³-hybridized carbons (Fsp3) is 0.583. The highest BCUT2D eigenvalue weighted by Crippen LogP contribution is 2.28. The van der Waals surface area contributed by atoms with Gasteiger partial charge in [0.05, 0.1) is 12.8 Å². The zero-order valence-electron chi connectivity index (χ0n) is 9.94. The second-order valence-corrected chi connectivity index (χ2v) is 4.44. The lowest BCUT2D eigenvalue weighted by Crippen LogP contribution is -2.31. The summed E-state index contributed by atoms with van der Waals surface area (Å²) in [6.07, 6.45) is 2.43. The number of nitrogens with two attached hydrogens (primary N) is 1. The minimum atomic E-state index is 0.508. The predicted octanol–water partition coefficient (Wildman–Crippen LogP) is 1.48. The third-order valence-electron chi connectivity index (χ3n) is 3.15. The van der Waals surface area contributed by atoms with Gasteiger partial charge in [-0.15, -0.1) is 0 Å². The summed E-state index contributed by atoms with van der Waals surface area (Å²) in [7, 11) is 3.76. The SMILES string of the molecule is COc1nc(C2CCCN(C)C2)ccc1N. The minimum absolute atomic E-state index is 0.508. The number of rotatable bonds is 2. The molecule has 1 unspecified atom stereocenters. The van der Waals surface area contributed by atoms with Crippen LogP contribution in [0.15, 0.2) is 12.1 Å². The lowest BCUT2D eigenvalue weighted by atomic mass is 9.94. The first-order valence-corrected chi connectivity index (χ1v) is 5.69. The van der Waals surface area contributed by atoms with E-state index in [1.165, 1.54) is 19.4 Å². The Balaban J connectivity index is 2.19. The summed E-state index contributed by atoms with van der Waals surface area (Å²) in [4.78, 5) is 6.82. The fourth-order valence-electron chi connectivity index (χ4n) is 2.26. The second kappa shape index (κ2) is 4.70. The van der Waals surface area contributed by atoms with Gasteiger partial charge in [-0.3, -0.25) is 0 Å². The number of methoxy groups -OCH3 is 1. The summed E-state index contributed by atoms with van der Waals surface area (Å²) >= 11 is 0. The van der Waals surface area contributed by atoms with Crippen LogP contribution < -0.4 is 10.5 Å². The zero-order valence-corrected chi connectivity index (χ0v) is 9.94. The highest BCUT2D eigenvalue weighted by molar-refractivity contribution is 5.48. The molecule has 0 bridgehead atoms. The molecular formula is C12H19N3O. The van der Waals surface area contributed by atoms with E-state index < -0.39 is 0 Å². The van der Waals surface area contributed by atoms with Crippen LogP contribution in [0.3, 0.4) is 0 Å². The van der Waals surface area contributed by atoms with E-state index in [-0.39, 0.29) is 0 Å². The maximum atomic E-state index is 5.76. The van der Waals surface area contributed by atoms with E-state index in [0.717, 1.165) is 12.2 Å². The van der Waals surface area contributed by atoms with E-state index in [0.29, 0.717) is 17.5 Å². The van der Waals surface area contributed by atoms with Crippen LogP contribution in [0.2, 0.25) is 0 Å². The molecule has 4 nitrogen and oxygen atoms in total. The maximum Gasteiger partial charge on any atom is 0.237 e. The van der Waals surface area contributed by atoms with E-state index in [2.05, 4.69) is 16.9 Å². The van der Waals surface area contributed by atoms with Gasteiger partial charge in [-0.2, -0.15) is 0 Å². The molecule has 2 heterocycles. The molecule has 0 aromatic carbocycles. The van der Waals surface area contributed by atoms with Crippen molar-refractivity contribution in [3.8, 4) is 5.88 Å². The Hall–Kier alpha value is -1.29. The molecule has 2 rings (SSSR count). The number of pyridine rings is 1. The largest absolute Gasteiger partial charge is 0.480 e. The van der Waals surface area contributed by atoms with Crippen LogP contribution in [-0.2, 0) is 0 Å². The van der Waals surface area contributed by atoms with Gasteiger partial charge in [0.1, 0.15) is 0 Å². The van der Waals surface area contributed by atoms with Gasteiger partial charge in [-0.25, -0.2) is 4.98 Å². The van der Waals surface area contributed by atoms with Crippen molar-refractivity contribution in [3.63, 3.8) is 0 Å². The predicted molar refractivity (Wildman–Crippen MR) is 64.7 cm³/mol. The number of hydrogen-bond acceptors (Lipinski definition) is 4. The molecule has 2 N–H and O–H groups in total. The monoisotopic (exact) mass is 221 g/mol. The summed E-state index contributed by atoms with van der Waals surface area (Å²) in [5.41, 5.74) is 7.46.